The first-order valence-corrected chi connectivity index (χ1v) is 8.45. The molecule has 0 unspecified atom stereocenters. The third-order valence-electron chi connectivity index (χ3n) is 4.92. The zero-order valence-electron chi connectivity index (χ0n) is 14.7. The average Bonchev–Trinajstić information content (AvgIpc) is 2.57. The number of nitrogens with zero attached hydrogens (tertiary/aromatic N) is 3. The lowest BCUT2D eigenvalue weighted by molar-refractivity contribution is -0.0999. The van der Waals surface area contributed by atoms with Crippen LogP contribution in [0.4, 0.5) is 0 Å². The van der Waals surface area contributed by atoms with Crippen molar-refractivity contribution < 1.29 is 15.0 Å². The monoisotopic (exact) mass is 345 g/mol. The number of piperidine rings is 1. The Morgan fingerprint density at radius 1 is 1.44 bits per heavy atom. The molecule has 2 N–H and O–H groups in total. The summed E-state index contributed by atoms with van der Waals surface area (Å²) in [7, 11) is 0. The molecule has 1 aliphatic heterocycles. The fourth-order valence-corrected chi connectivity index (χ4v) is 3.13. The third kappa shape index (κ3) is 3.05. The van der Waals surface area contributed by atoms with Gasteiger partial charge in [-0.3, -0.25) is 9.59 Å². The van der Waals surface area contributed by atoms with E-state index in [9.17, 15) is 19.8 Å². The van der Waals surface area contributed by atoms with E-state index in [1.165, 1.54) is 4.90 Å². The first kappa shape index (κ1) is 17.6. The topological polar surface area (TPSA) is 95.7 Å². The molecule has 3 rings (SSSR count). The molecule has 0 bridgehead atoms. The number of hydrogen-bond donors (Lipinski definition) is 2. The lowest BCUT2D eigenvalue weighted by atomic mass is 9.90. The summed E-state index contributed by atoms with van der Waals surface area (Å²) >= 11 is 0. The van der Waals surface area contributed by atoms with Gasteiger partial charge in [0.2, 0.25) is 5.43 Å². The van der Waals surface area contributed by atoms with E-state index in [1.54, 1.807) is 29.8 Å². The van der Waals surface area contributed by atoms with Crippen molar-refractivity contribution in [1.82, 2.24) is 14.5 Å². The van der Waals surface area contributed by atoms with Gasteiger partial charge in [-0.15, -0.1) is 0 Å². The van der Waals surface area contributed by atoms with Crippen LogP contribution in [-0.4, -0.2) is 55.4 Å². The third-order valence-corrected chi connectivity index (χ3v) is 4.92. The van der Waals surface area contributed by atoms with Crippen LogP contribution in [0.1, 0.15) is 36.3 Å². The predicted octanol–water partition coefficient (Wildman–Crippen LogP) is 0.683. The molecule has 7 heteroatoms. The summed E-state index contributed by atoms with van der Waals surface area (Å²) in [6.07, 6.45) is 0.762. The Morgan fingerprint density at radius 3 is 2.80 bits per heavy atom. The number of aliphatic hydroxyl groups excluding tert-OH is 1. The molecule has 3 heterocycles. The number of amides is 1. The van der Waals surface area contributed by atoms with E-state index >= 15 is 0 Å². The van der Waals surface area contributed by atoms with Gasteiger partial charge in [0.1, 0.15) is 11.2 Å². The van der Waals surface area contributed by atoms with E-state index in [-0.39, 0.29) is 24.0 Å². The van der Waals surface area contributed by atoms with Crippen LogP contribution in [-0.2, 0) is 6.54 Å². The summed E-state index contributed by atoms with van der Waals surface area (Å²) in [6.45, 7) is 6.19. The number of aryl methyl sites for hydroxylation is 2. The number of aromatic nitrogens is 2. The number of β-amino-alcohol motifs (C(OH)–C–C–N with tert-alkyl or cyclic N) is 1. The zero-order chi connectivity index (χ0) is 18.4. The molecule has 1 saturated heterocycles. The van der Waals surface area contributed by atoms with Crippen LogP contribution in [0.5, 0.6) is 0 Å². The van der Waals surface area contributed by atoms with E-state index < -0.39 is 17.6 Å². The molecular formula is C18H23N3O4. The molecule has 1 fully saturated rings. The Hall–Kier alpha value is -2.25. The molecule has 2 atom stereocenters. The minimum Gasteiger partial charge on any atom is -0.388 e. The van der Waals surface area contributed by atoms with Gasteiger partial charge in [0.15, 0.2) is 0 Å². The van der Waals surface area contributed by atoms with Crippen LogP contribution < -0.4 is 5.43 Å². The van der Waals surface area contributed by atoms with E-state index in [2.05, 4.69) is 4.98 Å². The molecule has 2 aromatic heterocycles. The van der Waals surface area contributed by atoms with Gasteiger partial charge in [0.25, 0.3) is 5.91 Å². The van der Waals surface area contributed by atoms with Gasteiger partial charge >= 0.3 is 0 Å². The zero-order valence-corrected chi connectivity index (χ0v) is 14.7. The lowest BCUT2D eigenvalue weighted by Gasteiger charge is -2.39. The minimum absolute atomic E-state index is 0.00157. The van der Waals surface area contributed by atoms with Crippen LogP contribution in [0.2, 0.25) is 0 Å². The second-order valence-corrected chi connectivity index (χ2v) is 6.86. The number of likely N-dealkylation sites (tertiary alicyclic amines) is 1. The van der Waals surface area contributed by atoms with E-state index in [0.717, 1.165) is 5.69 Å². The van der Waals surface area contributed by atoms with Crippen LogP contribution in [0, 0.1) is 6.92 Å². The fraction of sp³-hybridized carbons (Fsp3) is 0.500. The molecule has 134 valence electrons. The van der Waals surface area contributed by atoms with E-state index in [1.807, 2.05) is 13.8 Å². The Labute approximate surface area is 145 Å². The maximum Gasteiger partial charge on any atom is 0.259 e. The van der Waals surface area contributed by atoms with Gasteiger partial charge in [-0.2, -0.15) is 0 Å². The average molecular weight is 345 g/mol. The van der Waals surface area contributed by atoms with Gasteiger partial charge in [-0.1, -0.05) is 0 Å². The van der Waals surface area contributed by atoms with Crippen LogP contribution in [0.15, 0.2) is 23.1 Å². The standard InChI is InChI=1S/C18H23N3O4/c1-4-20-9-13(15(23)12-6-5-11(2)19-16(12)20)17(24)21-8-7-18(3,25)14(22)10-21/h5-6,9,14,22,25H,4,7-8,10H2,1-3H3/t14-,18+/m0/s1. The number of fused-ring (bicyclic) bond motifs is 1. The molecule has 0 saturated carbocycles. The molecular weight excluding hydrogens is 322 g/mol. The fourth-order valence-electron chi connectivity index (χ4n) is 3.13. The summed E-state index contributed by atoms with van der Waals surface area (Å²) in [5.74, 6) is -0.427. The molecule has 0 spiro atoms. The molecule has 1 amide bonds. The highest BCUT2D eigenvalue weighted by molar-refractivity contribution is 5.97. The number of hydrogen-bond acceptors (Lipinski definition) is 5. The highest BCUT2D eigenvalue weighted by Crippen LogP contribution is 2.23. The molecule has 0 aliphatic carbocycles. The van der Waals surface area contributed by atoms with Crippen molar-refractivity contribution in [1.29, 1.82) is 0 Å². The first-order valence-electron chi connectivity index (χ1n) is 8.45. The van der Waals surface area contributed by atoms with Crippen molar-refractivity contribution in [2.45, 2.75) is 45.4 Å². The maximum atomic E-state index is 12.9. The number of carbonyl (C=O) groups excluding carboxylic acids is 1. The number of rotatable bonds is 2. The van der Waals surface area contributed by atoms with Crippen molar-refractivity contribution in [3.05, 3.63) is 39.8 Å². The largest absolute Gasteiger partial charge is 0.388 e. The normalized spacial score (nSPS) is 23.9. The highest BCUT2D eigenvalue weighted by atomic mass is 16.3. The van der Waals surface area contributed by atoms with E-state index in [0.29, 0.717) is 24.1 Å². The van der Waals surface area contributed by atoms with Crippen LogP contribution in [0.3, 0.4) is 0 Å². The minimum atomic E-state index is -1.22. The van der Waals surface area contributed by atoms with Crippen molar-refractivity contribution in [3.63, 3.8) is 0 Å². The Kier molecular flexibility index (Phi) is 4.38. The Morgan fingerprint density at radius 2 is 2.16 bits per heavy atom. The smallest absolute Gasteiger partial charge is 0.259 e. The number of aliphatic hydroxyl groups is 2. The second-order valence-electron chi connectivity index (χ2n) is 6.86. The highest BCUT2D eigenvalue weighted by Gasteiger charge is 2.38. The summed E-state index contributed by atoms with van der Waals surface area (Å²) in [5.41, 5.74) is -0.149. The summed E-state index contributed by atoms with van der Waals surface area (Å²) in [6, 6.07) is 3.44. The van der Waals surface area contributed by atoms with Crippen LogP contribution in [0.25, 0.3) is 11.0 Å². The van der Waals surface area contributed by atoms with E-state index in [4.69, 9.17) is 0 Å². The van der Waals surface area contributed by atoms with Gasteiger partial charge < -0.3 is 19.7 Å². The van der Waals surface area contributed by atoms with Crippen molar-refractivity contribution in [2.24, 2.45) is 0 Å². The molecule has 1 aliphatic rings. The second kappa shape index (κ2) is 6.24. The molecule has 25 heavy (non-hydrogen) atoms. The van der Waals surface area contributed by atoms with Crippen molar-refractivity contribution >= 4 is 16.9 Å². The summed E-state index contributed by atoms with van der Waals surface area (Å²) in [5, 5.41) is 20.5. The van der Waals surface area contributed by atoms with Gasteiger partial charge in [0, 0.05) is 31.5 Å². The van der Waals surface area contributed by atoms with Crippen molar-refractivity contribution in [2.75, 3.05) is 13.1 Å². The van der Waals surface area contributed by atoms with Crippen molar-refractivity contribution in [3.8, 4) is 0 Å². The maximum absolute atomic E-state index is 12.9. The predicted molar refractivity (Wildman–Crippen MR) is 93.6 cm³/mol. The quantitative estimate of drug-likeness (QED) is 0.835. The molecule has 2 aromatic rings. The van der Waals surface area contributed by atoms with Crippen LogP contribution >= 0.6 is 0 Å². The van der Waals surface area contributed by atoms with Gasteiger partial charge in [-0.25, -0.2) is 4.98 Å². The molecule has 0 aromatic carbocycles. The molecule has 0 radical (unpaired) electrons. The first-order chi connectivity index (χ1) is 11.7. The molecule has 7 nitrogen and oxygen atoms in total. The SMILES string of the molecule is CCn1cc(C(=O)N2CC[C@@](C)(O)[C@@H](O)C2)c(=O)c2ccc(C)nc21. The number of carbonyl (C=O) groups is 1. The summed E-state index contributed by atoms with van der Waals surface area (Å²) in [4.78, 5) is 31.5. The Balaban J connectivity index is 2.04. The number of pyridine rings is 2. The lowest BCUT2D eigenvalue weighted by Crippen LogP contribution is -2.55. The van der Waals surface area contributed by atoms with Gasteiger partial charge in [-0.05, 0) is 39.3 Å². The van der Waals surface area contributed by atoms with Gasteiger partial charge in [0.05, 0.1) is 17.1 Å². The Bertz CT molecular complexity index is 888. The summed E-state index contributed by atoms with van der Waals surface area (Å²) < 4.78 is 1.79.